The SMILES string of the molecule is CN(C)c1ncc(-c2cc(N)on2)s1. The van der Waals surface area contributed by atoms with E-state index in [4.69, 9.17) is 10.3 Å². The molecule has 0 radical (unpaired) electrons. The second-order valence-electron chi connectivity index (χ2n) is 3.02. The smallest absolute Gasteiger partial charge is 0.222 e. The van der Waals surface area contributed by atoms with Crippen LogP contribution in [0.1, 0.15) is 0 Å². The van der Waals surface area contributed by atoms with E-state index in [1.807, 2.05) is 19.0 Å². The fourth-order valence-electron chi connectivity index (χ4n) is 0.996. The van der Waals surface area contributed by atoms with Gasteiger partial charge in [-0.05, 0) is 0 Å². The number of aromatic nitrogens is 2. The highest BCUT2D eigenvalue weighted by Crippen LogP contribution is 2.29. The lowest BCUT2D eigenvalue weighted by molar-refractivity contribution is 0.439. The average molecular weight is 210 g/mol. The van der Waals surface area contributed by atoms with Crippen molar-refractivity contribution in [3.8, 4) is 10.6 Å². The molecule has 0 saturated heterocycles. The van der Waals surface area contributed by atoms with Crippen LogP contribution >= 0.6 is 11.3 Å². The number of hydrogen-bond donors (Lipinski definition) is 1. The third-order valence-electron chi connectivity index (χ3n) is 1.66. The Morgan fingerprint density at radius 1 is 1.50 bits per heavy atom. The van der Waals surface area contributed by atoms with E-state index in [0.29, 0.717) is 5.88 Å². The van der Waals surface area contributed by atoms with Gasteiger partial charge in [-0.1, -0.05) is 16.5 Å². The van der Waals surface area contributed by atoms with Gasteiger partial charge in [-0.3, -0.25) is 0 Å². The summed E-state index contributed by atoms with van der Waals surface area (Å²) in [7, 11) is 3.89. The lowest BCUT2D eigenvalue weighted by Crippen LogP contribution is -2.07. The van der Waals surface area contributed by atoms with Gasteiger partial charge in [0.15, 0.2) is 5.13 Å². The summed E-state index contributed by atoms with van der Waals surface area (Å²) >= 11 is 1.54. The fourth-order valence-corrected chi connectivity index (χ4v) is 1.79. The van der Waals surface area contributed by atoms with Crippen LogP contribution in [0.5, 0.6) is 0 Å². The third-order valence-corrected chi connectivity index (χ3v) is 2.84. The second-order valence-corrected chi connectivity index (χ2v) is 4.03. The lowest BCUT2D eigenvalue weighted by Gasteiger charge is -2.04. The molecule has 74 valence electrons. The number of hydrogen-bond acceptors (Lipinski definition) is 6. The molecule has 0 aromatic carbocycles. The summed E-state index contributed by atoms with van der Waals surface area (Å²) in [5, 5.41) is 4.74. The molecule has 0 saturated carbocycles. The quantitative estimate of drug-likeness (QED) is 0.812. The third kappa shape index (κ3) is 1.56. The van der Waals surface area contributed by atoms with E-state index in [-0.39, 0.29) is 0 Å². The summed E-state index contributed by atoms with van der Waals surface area (Å²) < 4.78 is 4.78. The van der Waals surface area contributed by atoms with E-state index >= 15 is 0 Å². The summed E-state index contributed by atoms with van der Waals surface area (Å²) in [4.78, 5) is 7.12. The molecular weight excluding hydrogens is 200 g/mol. The van der Waals surface area contributed by atoms with Crippen LogP contribution in [0, 0.1) is 0 Å². The second kappa shape index (κ2) is 3.30. The zero-order valence-corrected chi connectivity index (χ0v) is 8.71. The summed E-state index contributed by atoms with van der Waals surface area (Å²) in [6.45, 7) is 0. The minimum atomic E-state index is 0.319. The Bertz CT molecular complexity index is 434. The van der Waals surface area contributed by atoms with Crippen LogP contribution in [0.25, 0.3) is 10.6 Å². The number of rotatable bonds is 2. The Balaban J connectivity index is 2.33. The molecular formula is C8H10N4OS. The standard InChI is InChI=1S/C8H10N4OS/c1-12(2)8-10-4-6(14-8)5-3-7(9)13-11-5/h3-4H,9H2,1-2H3. The molecule has 2 aromatic rings. The van der Waals surface area contributed by atoms with Gasteiger partial charge in [0.05, 0.1) is 4.88 Å². The molecule has 6 heteroatoms. The van der Waals surface area contributed by atoms with Gasteiger partial charge in [0, 0.05) is 26.4 Å². The minimum absolute atomic E-state index is 0.319. The van der Waals surface area contributed by atoms with Crippen molar-refractivity contribution in [3.05, 3.63) is 12.3 Å². The Morgan fingerprint density at radius 2 is 2.29 bits per heavy atom. The first-order chi connectivity index (χ1) is 6.66. The zero-order chi connectivity index (χ0) is 10.1. The number of thiazole rings is 1. The van der Waals surface area contributed by atoms with Gasteiger partial charge in [-0.25, -0.2) is 4.98 Å². The molecule has 0 spiro atoms. The van der Waals surface area contributed by atoms with Gasteiger partial charge in [-0.15, -0.1) is 0 Å². The number of nitrogens with zero attached hydrogens (tertiary/aromatic N) is 3. The summed E-state index contributed by atoms with van der Waals surface area (Å²) in [6.07, 6.45) is 1.76. The van der Waals surface area contributed by atoms with Gasteiger partial charge in [0.2, 0.25) is 5.88 Å². The molecule has 2 heterocycles. The maximum absolute atomic E-state index is 5.43. The minimum Gasteiger partial charge on any atom is -0.368 e. The molecule has 0 fully saturated rings. The maximum Gasteiger partial charge on any atom is 0.222 e. The highest BCUT2D eigenvalue weighted by molar-refractivity contribution is 7.18. The molecule has 2 N–H and O–H groups in total. The van der Waals surface area contributed by atoms with Crippen molar-refractivity contribution in [1.82, 2.24) is 10.1 Å². The Kier molecular flexibility index (Phi) is 2.12. The van der Waals surface area contributed by atoms with Gasteiger partial charge >= 0.3 is 0 Å². The van der Waals surface area contributed by atoms with E-state index in [0.717, 1.165) is 15.7 Å². The van der Waals surface area contributed by atoms with Crippen molar-refractivity contribution in [2.24, 2.45) is 0 Å². The molecule has 0 aliphatic heterocycles. The van der Waals surface area contributed by atoms with Gasteiger partial charge in [-0.2, -0.15) is 0 Å². The number of nitrogen functional groups attached to an aromatic ring is 1. The van der Waals surface area contributed by atoms with E-state index < -0.39 is 0 Å². The van der Waals surface area contributed by atoms with Crippen LogP contribution < -0.4 is 10.6 Å². The van der Waals surface area contributed by atoms with Crippen LogP contribution in [0.15, 0.2) is 16.8 Å². The Morgan fingerprint density at radius 3 is 2.79 bits per heavy atom. The predicted octanol–water partition coefficient (Wildman–Crippen LogP) is 1.45. The molecule has 2 aromatic heterocycles. The fraction of sp³-hybridized carbons (Fsp3) is 0.250. The number of anilines is 2. The summed E-state index contributed by atoms with van der Waals surface area (Å²) in [6, 6.07) is 1.69. The van der Waals surface area contributed by atoms with E-state index in [2.05, 4.69) is 10.1 Å². The van der Waals surface area contributed by atoms with Crippen LogP contribution in [0.4, 0.5) is 11.0 Å². The van der Waals surface area contributed by atoms with Crippen LogP contribution in [-0.4, -0.2) is 24.2 Å². The van der Waals surface area contributed by atoms with Crippen molar-refractivity contribution in [2.75, 3.05) is 24.7 Å². The van der Waals surface area contributed by atoms with E-state index in [9.17, 15) is 0 Å². The maximum atomic E-state index is 5.43. The van der Waals surface area contributed by atoms with Crippen molar-refractivity contribution in [3.63, 3.8) is 0 Å². The van der Waals surface area contributed by atoms with Crippen LogP contribution in [0.2, 0.25) is 0 Å². The van der Waals surface area contributed by atoms with Gasteiger partial charge < -0.3 is 15.2 Å². The summed E-state index contributed by atoms with van der Waals surface area (Å²) in [5.74, 6) is 0.319. The first-order valence-corrected chi connectivity index (χ1v) is 4.84. The largest absolute Gasteiger partial charge is 0.368 e. The van der Waals surface area contributed by atoms with Crippen molar-refractivity contribution >= 4 is 22.4 Å². The van der Waals surface area contributed by atoms with Crippen molar-refractivity contribution in [1.29, 1.82) is 0 Å². The predicted molar refractivity (Wildman–Crippen MR) is 56.4 cm³/mol. The molecule has 0 unspecified atom stereocenters. The van der Waals surface area contributed by atoms with Crippen LogP contribution in [0.3, 0.4) is 0 Å². The average Bonchev–Trinajstić information content (AvgIpc) is 2.70. The Hall–Kier alpha value is -1.56. The van der Waals surface area contributed by atoms with E-state index in [1.54, 1.807) is 23.6 Å². The normalized spacial score (nSPS) is 10.4. The molecule has 0 atom stereocenters. The molecule has 2 rings (SSSR count). The number of nitrogens with two attached hydrogens (primary N) is 1. The van der Waals surface area contributed by atoms with Crippen molar-refractivity contribution < 1.29 is 4.52 Å². The van der Waals surface area contributed by atoms with Crippen LogP contribution in [-0.2, 0) is 0 Å². The molecule has 14 heavy (non-hydrogen) atoms. The first-order valence-electron chi connectivity index (χ1n) is 4.02. The molecule has 0 amide bonds. The molecule has 0 aliphatic rings. The Labute approximate surface area is 85.1 Å². The molecule has 0 bridgehead atoms. The lowest BCUT2D eigenvalue weighted by atomic mass is 10.4. The summed E-state index contributed by atoms with van der Waals surface area (Å²) in [5.41, 5.74) is 6.16. The molecule has 5 nitrogen and oxygen atoms in total. The monoisotopic (exact) mass is 210 g/mol. The van der Waals surface area contributed by atoms with E-state index in [1.165, 1.54) is 0 Å². The van der Waals surface area contributed by atoms with Crippen molar-refractivity contribution in [2.45, 2.75) is 0 Å². The topological polar surface area (TPSA) is 68.2 Å². The van der Waals surface area contributed by atoms with Gasteiger partial charge in [0.1, 0.15) is 5.69 Å². The highest BCUT2D eigenvalue weighted by Gasteiger charge is 2.09. The zero-order valence-electron chi connectivity index (χ0n) is 7.89. The molecule has 0 aliphatic carbocycles. The highest BCUT2D eigenvalue weighted by atomic mass is 32.1. The first kappa shape index (κ1) is 9.01. The van der Waals surface area contributed by atoms with Gasteiger partial charge in [0.25, 0.3) is 0 Å².